The summed E-state index contributed by atoms with van der Waals surface area (Å²) in [6.45, 7) is 42.7. The second-order valence-electron chi connectivity index (χ2n) is 35.9. The van der Waals surface area contributed by atoms with Crippen molar-refractivity contribution in [3.63, 3.8) is 0 Å². The van der Waals surface area contributed by atoms with Gasteiger partial charge in [0, 0.05) is 50.3 Å². The number of ether oxygens (including phenoxy) is 2. The molecule has 127 heavy (non-hydrogen) atoms. The van der Waals surface area contributed by atoms with E-state index in [0.29, 0.717) is 35.1 Å². The fourth-order valence-corrected chi connectivity index (χ4v) is 19.2. The van der Waals surface area contributed by atoms with Crippen molar-refractivity contribution in [1.29, 1.82) is 5.26 Å². The van der Waals surface area contributed by atoms with Crippen LogP contribution in [0, 0.1) is 58.1 Å². The van der Waals surface area contributed by atoms with Gasteiger partial charge in [0.1, 0.15) is 11.5 Å². The first-order valence-corrected chi connectivity index (χ1v) is 48.2. The van der Waals surface area contributed by atoms with Crippen molar-refractivity contribution >= 4 is 58.0 Å². The van der Waals surface area contributed by atoms with E-state index in [9.17, 15) is 5.26 Å². The standard InChI is InChI=1S/C53H52N4O2.C37H50.C30H39N/c1-7-9-22-41(8-2)38-59-52-36-48(53(58-6)32-40(52)4)49(55-5)33-43-35-50(56(44-23-14-10-15-24-44)45-25-16-11-17-26-45)42(31-39(3)37-54)34-51(43)57(46-27-18-12-19-28-46)47-29-20-13-21-30-47;1-5-7-9-11-13-15-25-37(26-16-14-12-10-8-6-2)35-27-30(4)19-23-33(35)34-24-22-32(28-36(34)37)31-20-17-29(3)18-21-31;1-6-8-10-12-18-30(19-13-11-9-7-2)28-20-23(3)14-16-26(28)27-17-15-25(22-29(27)30)21-24(4)31-5/h10-21,23-36,41H,7-9,22,38H2,1-4,6H3;17-24,27-28H,5-16,25-26H2,1-4H3;14-17,20-22H,6-13,18-19H2,1-4H3/b39-31-,49-33-;;24-21-. The molecule has 0 fully saturated rings. The number of aryl methyl sites for hydroxylation is 4. The van der Waals surface area contributed by atoms with Gasteiger partial charge in [0.05, 0.1) is 44.3 Å². The Morgan fingerprint density at radius 2 is 0.795 bits per heavy atom. The molecule has 0 aromatic heterocycles. The molecule has 658 valence electrons. The Hall–Kier alpha value is -11.7. The first-order chi connectivity index (χ1) is 62.0. The van der Waals surface area contributed by atoms with E-state index in [1.54, 1.807) is 23.8 Å². The number of anilines is 6. The van der Waals surface area contributed by atoms with Gasteiger partial charge in [-0.05, 0) is 243 Å². The van der Waals surface area contributed by atoms with Crippen LogP contribution >= 0.6 is 0 Å². The first kappa shape index (κ1) is 96.0. The Morgan fingerprint density at radius 1 is 0.402 bits per heavy atom. The molecule has 1 unspecified atom stereocenters. The Labute approximate surface area is 765 Å². The summed E-state index contributed by atoms with van der Waals surface area (Å²) in [7, 11) is 1.64. The molecule has 0 aliphatic heterocycles. The number of hydrogen-bond acceptors (Lipinski definition) is 5. The fraction of sp³-hybridized carbons (Fsp3) is 0.375. The van der Waals surface area contributed by atoms with E-state index < -0.39 is 0 Å². The molecule has 0 saturated carbocycles. The van der Waals surface area contributed by atoms with Crippen LogP contribution in [0.1, 0.15) is 302 Å². The van der Waals surface area contributed by atoms with E-state index in [-0.39, 0.29) is 10.8 Å². The van der Waals surface area contributed by atoms with Gasteiger partial charge >= 0.3 is 0 Å². The second kappa shape index (κ2) is 48.9. The van der Waals surface area contributed by atoms with Crippen molar-refractivity contribution in [2.75, 3.05) is 23.5 Å². The maximum atomic E-state index is 10.1. The Balaban J connectivity index is 0.000000197. The lowest BCUT2D eigenvalue weighted by atomic mass is 9.70. The zero-order valence-electron chi connectivity index (χ0n) is 79.0. The third kappa shape index (κ3) is 24.8. The molecule has 11 aromatic rings. The fourth-order valence-electron chi connectivity index (χ4n) is 19.2. The van der Waals surface area contributed by atoms with E-state index in [0.717, 1.165) is 81.5 Å². The van der Waals surface area contributed by atoms with Gasteiger partial charge < -0.3 is 19.3 Å². The van der Waals surface area contributed by atoms with Crippen molar-refractivity contribution in [3.05, 3.63) is 344 Å². The zero-order valence-corrected chi connectivity index (χ0v) is 79.0. The number of unbranched alkanes of at least 4 members (excludes halogenated alkanes) is 17. The Morgan fingerprint density at radius 3 is 1.22 bits per heavy atom. The van der Waals surface area contributed by atoms with Crippen LogP contribution in [0.3, 0.4) is 0 Å². The quantitative estimate of drug-likeness (QED) is 0.0165. The van der Waals surface area contributed by atoms with Crippen LogP contribution in [0.15, 0.2) is 254 Å². The average molecular weight is 1690 g/mol. The number of methoxy groups -OCH3 is 1. The number of allylic oxidation sites excluding steroid dienone is 2. The molecule has 0 radical (unpaired) electrons. The minimum Gasteiger partial charge on any atom is -0.497 e. The SMILES string of the molecule is CCCCCCCCC1(CCCCCCCC)c2cc(C)ccc2-c2ccc(-c3ccc(C)cc3)cc21.[C-]#[N+]/C(=C\c1cc(N(c2ccccc2)c2ccccc2)c(/C=C(/C)C#N)cc1N(c1ccccc1)c1ccccc1)c1cc(OCC(CC)CCCC)c(C)cc1OC.[C-]#[N+]/C(C)=C\c1ccc2c(c1)C(CCCCCC)(CCCCCC)c1cc(C)ccc1-2. The van der Waals surface area contributed by atoms with Gasteiger partial charge in [0.25, 0.3) is 0 Å². The number of nitriles is 1. The lowest BCUT2D eigenvalue weighted by Crippen LogP contribution is -2.25. The van der Waals surface area contributed by atoms with Gasteiger partial charge in [0.2, 0.25) is 0 Å². The molecule has 13 rings (SSSR count). The number of hydrogen-bond donors (Lipinski definition) is 0. The van der Waals surface area contributed by atoms with Gasteiger partial charge in [-0.25, -0.2) is 9.69 Å². The van der Waals surface area contributed by atoms with Crippen molar-refractivity contribution in [2.24, 2.45) is 5.92 Å². The number of nitrogens with zero attached hydrogens (tertiary/aromatic N) is 5. The summed E-state index contributed by atoms with van der Waals surface area (Å²) in [6, 6.07) is 89.1. The minimum atomic E-state index is 0.119. The van der Waals surface area contributed by atoms with Crippen LogP contribution in [0.5, 0.6) is 11.5 Å². The summed E-state index contributed by atoms with van der Waals surface area (Å²) in [5, 5.41) is 10.1. The minimum absolute atomic E-state index is 0.119. The molecule has 0 spiro atoms. The summed E-state index contributed by atoms with van der Waals surface area (Å²) in [4.78, 5) is 12.2. The maximum Gasteiger partial charge on any atom is 0.198 e. The monoisotopic (exact) mass is 1680 g/mol. The molecule has 0 N–H and O–H groups in total. The van der Waals surface area contributed by atoms with Gasteiger partial charge in [-0.3, -0.25) is 0 Å². The number of benzene rings is 11. The summed E-state index contributed by atoms with van der Waals surface area (Å²) < 4.78 is 12.5. The molecular formula is C120H141N5O2. The van der Waals surface area contributed by atoms with E-state index >= 15 is 0 Å². The summed E-state index contributed by atoms with van der Waals surface area (Å²) >= 11 is 0. The van der Waals surface area contributed by atoms with Gasteiger partial charge in [-0.1, -0.05) is 376 Å². The number of para-hydroxylation sites is 4. The van der Waals surface area contributed by atoms with Crippen LogP contribution in [0.4, 0.5) is 34.1 Å². The van der Waals surface area contributed by atoms with Gasteiger partial charge in [-0.2, -0.15) is 5.26 Å². The highest BCUT2D eigenvalue weighted by atomic mass is 16.5. The highest BCUT2D eigenvalue weighted by Crippen LogP contribution is 2.58. The van der Waals surface area contributed by atoms with Crippen LogP contribution in [0.2, 0.25) is 0 Å². The third-order valence-electron chi connectivity index (χ3n) is 26.3. The number of rotatable bonds is 43. The molecule has 1 atom stereocenters. The topological polar surface area (TPSA) is 57.5 Å². The van der Waals surface area contributed by atoms with Gasteiger partial charge in [0.15, 0.2) is 11.4 Å². The summed E-state index contributed by atoms with van der Waals surface area (Å²) in [5.41, 5.74) is 30.8. The van der Waals surface area contributed by atoms with Crippen molar-refractivity contribution < 1.29 is 9.47 Å². The summed E-state index contributed by atoms with van der Waals surface area (Å²) in [6.07, 6.45) is 42.3. The lowest BCUT2D eigenvalue weighted by molar-refractivity contribution is 0.232. The van der Waals surface area contributed by atoms with Crippen LogP contribution in [-0.2, 0) is 10.8 Å². The second-order valence-corrected chi connectivity index (χ2v) is 35.9. The molecule has 0 heterocycles. The van der Waals surface area contributed by atoms with Gasteiger partial charge in [-0.15, -0.1) is 0 Å². The highest BCUT2D eigenvalue weighted by molar-refractivity contribution is 5.97. The first-order valence-electron chi connectivity index (χ1n) is 48.2. The van der Waals surface area contributed by atoms with E-state index in [2.05, 4.69) is 246 Å². The molecular weight excluding hydrogens is 1540 g/mol. The van der Waals surface area contributed by atoms with Crippen molar-refractivity contribution in [3.8, 4) is 50.9 Å². The van der Waals surface area contributed by atoms with Crippen molar-refractivity contribution in [1.82, 2.24) is 0 Å². The predicted octanol–water partition coefficient (Wildman–Crippen LogP) is 36.1. The summed E-state index contributed by atoms with van der Waals surface area (Å²) in [5.74, 6) is 1.79. The van der Waals surface area contributed by atoms with Crippen LogP contribution in [-0.4, -0.2) is 13.7 Å². The largest absolute Gasteiger partial charge is 0.497 e. The molecule has 7 nitrogen and oxygen atoms in total. The molecule has 7 heteroatoms. The molecule has 0 bridgehead atoms. The Bertz CT molecular complexity index is 5450. The van der Waals surface area contributed by atoms with E-state index in [1.807, 2.05) is 124 Å². The average Bonchev–Trinajstić information content (AvgIpc) is 1.57. The lowest BCUT2D eigenvalue weighted by Gasteiger charge is -2.33. The molecule has 11 aromatic carbocycles. The number of fused-ring (bicyclic) bond motifs is 6. The highest BCUT2D eigenvalue weighted by Gasteiger charge is 2.44. The molecule has 0 saturated heterocycles. The molecule has 0 amide bonds. The molecule has 2 aliphatic rings. The predicted molar refractivity (Wildman–Crippen MR) is 545 cm³/mol. The van der Waals surface area contributed by atoms with E-state index in [4.69, 9.17) is 22.6 Å². The normalized spacial score (nSPS) is 12.9. The van der Waals surface area contributed by atoms with Crippen LogP contribution in [0.25, 0.3) is 67.0 Å². The Kier molecular flexibility index (Phi) is 36.9. The third-order valence-corrected chi connectivity index (χ3v) is 26.3. The smallest absolute Gasteiger partial charge is 0.198 e. The zero-order chi connectivity index (χ0) is 89.9. The van der Waals surface area contributed by atoms with E-state index in [1.165, 1.54) is 222 Å². The maximum absolute atomic E-state index is 10.1. The van der Waals surface area contributed by atoms with Crippen molar-refractivity contribution in [2.45, 2.75) is 274 Å². The molecule has 2 aliphatic carbocycles. The van der Waals surface area contributed by atoms with Crippen LogP contribution < -0.4 is 19.3 Å².